The highest BCUT2D eigenvalue weighted by Gasteiger charge is 2.30. The molecule has 3 aromatic rings. The number of allylic oxidation sites excluding steroid dienone is 1. The van der Waals surface area contributed by atoms with E-state index in [9.17, 15) is 23.8 Å². The zero-order valence-corrected chi connectivity index (χ0v) is 19.0. The molecule has 1 aliphatic heterocycles. The summed E-state index contributed by atoms with van der Waals surface area (Å²) in [5.41, 5.74) is 2.52. The third kappa shape index (κ3) is 5.34. The number of nitrogens with zero attached hydrogens (tertiary/aromatic N) is 2. The van der Waals surface area contributed by atoms with E-state index in [1.807, 2.05) is 0 Å². The summed E-state index contributed by atoms with van der Waals surface area (Å²) in [6, 6.07) is 14.5. The summed E-state index contributed by atoms with van der Waals surface area (Å²) in [5.74, 6) is -2.04. The fourth-order valence-corrected chi connectivity index (χ4v) is 4.12. The van der Waals surface area contributed by atoms with Crippen LogP contribution in [0.3, 0.4) is 0 Å². The molecule has 6 nitrogen and oxygen atoms in total. The summed E-state index contributed by atoms with van der Waals surface area (Å²) in [7, 11) is 0. The summed E-state index contributed by atoms with van der Waals surface area (Å²) in [6.45, 7) is 1.46. The summed E-state index contributed by atoms with van der Waals surface area (Å²) in [6.07, 6.45) is 2.02. The maximum atomic E-state index is 15.0. The molecule has 0 fully saturated rings. The van der Waals surface area contributed by atoms with Crippen LogP contribution in [0.1, 0.15) is 40.0 Å². The third-order valence-electron chi connectivity index (χ3n) is 6.05. The molecule has 1 amide bonds. The third-order valence-corrected chi connectivity index (χ3v) is 6.05. The van der Waals surface area contributed by atoms with Gasteiger partial charge in [0.25, 0.3) is 5.91 Å². The molecule has 35 heavy (non-hydrogen) atoms. The Morgan fingerprint density at radius 2 is 1.86 bits per heavy atom. The van der Waals surface area contributed by atoms with E-state index in [1.54, 1.807) is 49.5 Å². The molecule has 4 rings (SSSR count). The molecule has 8 heteroatoms. The predicted octanol–water partition coefficient (Wildman–Crippen LogP) is 3.50. The van der Waals surface area contributed by atoms with Crippen molar-refractivity contribution >= 4 is 17.2 Å². The lowest BCUT2D eigenvalue weighted by Crippen LogP contribution is -2.48. The van der Waals surface area contributed by atoms with Crippen molar-refractivity contribution in [2.45, 2.75) is 25.0 Å². The number of benzene rings is 2. The average molecular weight is 478 g/mol. The number of rotatable bonds is 8. The molecule has 0 radical (unpaired) electrons. The molecule has 0 spiro atoms. The predicted molar refractivity (Wildman–Crippen MR) is 129 cm³/mol. The Labute approximate surface area is 201 Å². The number of aromatic nitrogens is 1. The topological polar surface area (TPSA) is 94.8 Å². The van der Waals surface area contributed by atoms with Gasteiger partial charge in [0.2, 0.25) is 0 Å². The molecule has 0 aliphatic carbocycles. The number of amides is 1. The second kappa shape index (κ2) is 10.7. The van der Waals surface area contributed by atoms with Gasteiger partial charge in [-0.05, 0) is 53.6 Å². The molecular formula is C27H25F2N3O3. The Bertz CT molecular complexity index is 1260. The molecule has 0 saturated heterocycles. The van der Waals surface area contributed by atoms with Crippen molar-refractivity contribution in [3.8, 4) is 0 Å². The second-order valence-electron chi connectivity index (χ2n) is 8.33. The highest BCUT2D eigenvalue weighted by molar-refractivity contribution is 6.19. The van der Waals surface area contributed by atoms with E-state index < -0.39 is 36.4 Å². The molecule has 1 aliphatic rings. The normalized spacial score (nSPS) is 15.7. The molecule has 3 atom stereocenters. The van der Waals surface area contributed by atoms with Gasteiger partial charge in [0.1, 0.15) is 11.6 Å². The minimum Gasteiger partial charge on any atom is -0.394 e. The fraction of sp³-hybridized carbons (Fsp3) is 0.222. The van der Waals surface area contributed by atoms with Crippen LogP contribution < -0.4 is 5.32 Å². The van der Waals surface area contributed by atoms with Gasteiger partial charge in [0, 0.05) is 23.4 Å². The number of hydrogen-bond donors (Lipinski definition) is 3. The van der Waals surface area contributed by atoms with E-state index in [4.69, 9.17) is 0 Å². The van der Waals surface area contributed by atoms with Gasteiger partial charge in [0.05, 0.1) is 36.6 Å². The van der Waals surface area contributed by atoms with Crippen LogP contribution in [0.5, 0.6) is 0 Å². The van der Waals surface area contributed by atoms with Crippen LogP contribution in [0.15, 0.2) is 77.9 Å². The van der Waals surface area contributed by atoms with Crippen LogP contribution in [-0.2, 0) is 0 Å². The van der Waals surface area contributed by atoms with Crippen LogP contribution in [-0.4, -0.2) is 52.1 Å². The lowest BCUT2D eigenvalue weighted by Gasteiger charge is -2.28. The van der Waals surface area contributed by atoms with Gasteiger partial charge in [-0.15, -0.1) is 0 Å². The summed E-state index contributed by atoms with van der Waals surface area (Å²) < 4.78 is 28.3. The number of aliphatic hydroxyl groups is 2. The van der Waals surface area contributed by atoms with E-state index >= 15 is 0 Å². The first-order chi connectivity index (χ1) is 16.9. The van der Waals surface area contributed by atoms with Gasteiger partial charge >= 0.3 is 0 Å². The first-order valence-electron chi connectivity index (χ1n) is 11.2. The maximum absolute atomic E-state index is 15.0. The lowest BCUT2D eigenvalue weighted by atomic mass is 9.92. The van der Waals surface area contributed by atoms with Gasteiger partial charge in [-0.3, -0.25) is 14.8 Å². The van der Waals surface area contributed by atoms with E-state index in [2.05, 4.69) is 15.3 Å². The number of hydrogen-bond acceptors (Lipinski definition) is 5. The molecule has 0 bridgehead atoms. The van der Waals surface area contributed by atoms with E-state index in [0.29, 0.717) is 11.4 Å². The summed E-state index contributed by atoms with van der Waals surface area (Å²) in [4.78, 5) is 22.0. The highest BCUT2D eigenvalue weighted by atomic mass is 19.1. The van der Waals surface area contributed by atoms with Crippen molar-refractivity contribution in [3.05, 3.63) is 107 Å². The number of halogens is 2. The van der Waals surface area contributed by atoms with Gasteiger partial charge in [0.15, 0.2) is 0 Å². The highest BCUT2D eigenvalue weighted by Crippen LogP contribution is 2.26. The van der Waals surface area contributed by atoms with Crippen LogP contribution in [0.2, 0.25) is 0 Å². The SMILES string of the molecule is CC(c1ccccn1)[C@@H](NC(=O)c1cccc(F)c1C1=NCC(c2ccc(F)cc2)=C1)[C@H](O)CO. The molecular weight excluding hydrogens is 452 g/mol. The van der Waals surface area contributed by atoms with E-state index in [-0.39, 0.29) is 23.5 Å². The minimum atomic E-state index is -1.26. The van der Waals surface area contributed by atoms with Crippen molar-refractivity contribution < 1.29 is 23.8 Å². The second-order valence-corrected chi connectivity index (χ2v) is 8.33. The number of aliphatic imine (C=N–C) groups is 1. The van der Waals surface area contributed by atoms with Gasteiger partial charge in [-0.1, -0.05) is 31.2 Å². The molecule has 1 aromatic heterocycles. The van der Waals surface area contributed by atoms with E-state index in [1.165, 1.54) is 30.3 Å². The monoisotopic (exact) mass is 477 g/mol. The standard InChI is InChI=1S/C27H25F2N3O3/c1-16(22-7-2-3-12-30-22)26(24(34)15-33)32-27(35)20-5-4-6-21(29)25(20)23-13-18(14-31-23)17-8-10-19(28)11-9-17/h2-13,16,24,26,33-34H,14-15H2,1H3,(H,32,35)/t16?,24-,26-/m1/s1. The number of pyridine rings is 1. The maximum Gasteiger partial charge on any atom is 0.252 e. The molecule has 3 N–H and O–H groups in total. The van der Waals surface area contributed by atoms with Crippen molar-refractivity contribution in [3.63, 3.8) is 0 Å². The largest absolute Gasteiger partial charge is 0.394 e. The van der Waals surface area contributed by atoms with Crippen molar-refractivity contribution in [2.75, 3.05) is 13.2 Å². The number of aliphatic hydroxyl groups excluding tert-OH is 2. The van der Waals surface area contributed by atoms with Gasteiger partial charge in [-0.2, -0.15) is 0 Å². The lowest BCUT2D eigenvalue weighted by molar-refractivity contribution is 0.0504. The molecule has 0 saturated carbocycles. The average Bonchev–Trinajstić information content (AvgIpc) is 3.36. The summed E-state index contributed by atoms with van der Waals surface area (Å²) in [5, 5.41) is 22.8. The van der Waals surface area contributed by atoms with Crippen LogP contribution >= 0.6 is 0 Å². The molecule has 1 unspecified atom stereocenters. The molecule has 2 aromatic carbocycles. The van der Waals surface area contributed by atoms with Crippen LogP contribution in [0, 0.1) is 11.6 Å². The van der Waals surface area contributed by atoms with Gasteiger partial charge < -0.3 is 15.5 Å². The number of carbonyl (C=O) groups is 1. The first-order valence-corrected chi connectivity index (χ1v) is 11.2. The van der Waals surface area contributed by atoms with Crippen molar-refractivity contribution in [1.82, 2.24) is 10.3 Å². The Morgan fingerprint density at radius 1 is 1.09 bits per heavy atom. The van der Waals surface area contributed by atoms with Crippen molar-refractivity contribution in [1.29, 1.82) is 0 Å². The Kier molecular flexibility index (Phi) is 7.43. The van der Waals surface area contributed by atoms with Gasteiger partial charge in [-0.25, -0.2) is 8.78 Å². The zero-order valence-electron chi connectivity index (χ0n) is 19.0. The van der Waals surface area contributed by atoms with E-state index in [0.717, 1.165) is 11.1 Å². The fourth-order valence-electron chi connectivity index (χ4n) is 4.12. The van der Waals surface area contributed by atoms with Crippen LogP contribution in [0.4, 0.5) is 8.78 Å². The van der Waals surface area contributed by atoms with Crippen molar-refractivity contribution in [2.24, 2.45) is 4.99 Å². The quantitative estimate of drug-likeness (QED) is 0.463. The van der Waals surface area contributed by atoms with Crippen LogP contribution in [0.25, 0.3) is 5.57 Å². The number of carbonyl (C=O) groups excluding carboxylic acids is 1. The minimum absolute atomic E-state index is 0.0323. The Morgan fingerprint density at radius 3 is 2.54 bits per heavy atom. The molecule has 2 heterocycles. The first kappa shape index (κ1) is 24.4. The Balaban J connectivity index is 1.63. The Hall–Kier alpha value is -3.75. The summed E-state index contributed by atoms with van der Waals surface area (Å²) >= 11 is 0. The number of nitrogens with one attached hydrogen (secondary N) is 1. The molecule has 180 valence electrons. The zero-order chi connectivity index (χ0) is 24.9. The smallest absolute Gasteiger partial charge is 0.252 e.